The van der Waals surface area contributed by atoms with Gasteiger partial charge >= 0.3 is 0 Å². The molecule has 1 amide bonds. The third kappa shape index (κ3) is 4.11. The molecule has 6 rings (SSSR count). The highest BCUT2D eigenvalue weighted by atomic mass is 32.1. The molecule has 198 valence electrons. The number of nitrogens with one attached hydrogen (secondary N) is 1. The van der Waals surface area contributed by atoms with Crippen LogP contribution in [-0.2, 0) is 9.59 Å². The maximum Gasteiger partial charge on any atom is 0.220 e. The van der Waals surface area contributed by atoms with Crippen LogP contribution in [0.5, 0.6) is 0 Å². The second kappa shape index (κ2) is 9.22. The number of hydrogen-bond acceptors (Lipinski definition) is 4. The van der Waals surface area contributed by atoms with Gasteiger partial charge in [0.25, 0.3) is 0 Å². The summed E-state index contributed by atoms with van der Waals surface area (Å²) in [4.78, 5) is 26.8. The highest BCUT2D eigenvalue weighted by Crippen LogP contribution is 2.68. The van der Waals surface area contributed by atoms with Gasteiger partial charge in [-0.15, -0.1) is 11.3 Å². The van der Waals surface area contributed by atoms with E-state index < -0.39 is 0 Å². The average Bonchev–Trinajstić information content (AvgIpc) is 3.39. The summed E-state index contributed by atoms with van der Waals surface area (Å²) >= 11 is 1.76. The zero-order valence-electron chi connectivity index (χ0n) is 22.4. The second-order valence-corrected chi connectivity index (χ2v) is 14.8. The Morgan fingerprint density at radius 2 is 1.92 bits per heavy atom. The molecule has 1 unspecified atom stereocenters. The van der Waals surface area contributed by atoms with E-state index in [1.54, 1.807) is 11.3 Å². The van der Waals surface area contributed by atoms with Gasteiger partial charge in [0.1, 0.15) is 5.78 Å². The van der Waals surface area contributed by atoms with Gasteiger partial charge in [0.15, 0.2) is 0 Å². The Labute approximate surface area is 221 Å². The summed E-state index contributed by atoms with van der Waals surface area (Å²) in [5, 5.41) is 17.0. The van der Waals surface area contributed by atoms with Crippen LogP contribution in [0.4, 0.5) is 0 Å². The topological polar surface area (TPSA) is 66.4 Å². The minimum absolute atomic E-state index is 0.195. The molecule has 0 aliphatic heterocycles. The van der Waals surface area contributed by atoms with Crippen molar-refractivity contribution in [3.63, 3.8) is 0 Å². The maximum absolute atomic E-state index is 13.2. The fourth-order valence-corrected chi connectivity index (χ4v) is 10.8. The number of fused-ring (bicyclic) bond motifs is 5. The molecule has 4 nitrogen and oxygen atoms in total. The van der Waals surface area contributed by atoms with E-state index in [9.17, 15) is 14.7 Å². The van der Waals surface area contributed by atoms with Crippen molar-refractivity contribution in [2.24, 2.45) is 52.3 Å². The Morgan fingerprint density at radius 1 is 1.14 bits per heavy atom. The van der Waals surface area contributed by atoms with E-state index in [1.807, 2.05) is 0 Å². The van der Waals surface area contributed by atoms with E-state index in [1.165, 1.54) is 43.4 Å². The normalized spacial score (nSPS) is 43.7. The summed E-state index contributed by atoms with van der Waals surface area (Å²) < 4.78 is 0. The van der Waals surface area contributed by atoms with Gasteiger partial charge in [0.2, 0.25) is 5.91 Å². The summed E-state index contributed by atoms with van der Waals surface area (Å²) in [6.45, 7) is 7.24. The molecule has 0 aromatic carbocycles. The van der Waals surface area contributed by atoms with E-state index >= 15 is 0 Å². The third-order valence-electron chi connectivity index (χ3n) is 12.0. The summed E-state index contributed by atoms with van der Waals surface area (Å²) in [6.07, 6.45) is 10.8. The Hall–Kier alpha value is -1.20. The summed E-state index contributed by atoms with van der Waals surface area (Å²) in [7, 11) is 0. The van der Waals surface area contributed by atoms with Gasteiger partial charge in [-0.2, -0.15) is 0 Å². The Kier molecular flexibility index (Phi) is 6.43. The van der Waals surface area contributed by atoms with Crippen LogP contribution in [0.1, 0.15) is 102 Å². The third-order valence-corrected chi connectivity index (χ3v) is 13.0. The molecule has 5 aliphatic rings. The standard InChI is InChI=1S/C31H45NO3S/c1-18(15-27(35)32-29(19-6-7-19)26-5-4-14-36-26)22-8-9-23-28-24(11-13-31(22,23)3)30(2)12-10-21(33)16-20(30)17-25(28)34/h4-5,14,18-20,22-25,28-29,34H,6-13,15-17H2,1-3H3,(H,32,35)/t18-,20+,22-,23+,24+,25-,28+,29?,30+,31-/m1/s1. The highest BCUT2D eigenvalue weighted by Gasteiger charge is 2.63. The predicted octanol–water partition coefficient (Wildman–Crippen LogP) is 6.54. The van der Waals surface area contributed by atoms with Gasteiger partial charge in [0.05, 0.1) is 12.1 Å². The van der Waals surface area contributed by atoms with Crippen LogP contribution >= 0.6 is 11.3 Å². The molecule has 1 heterocycles. The van der Waals surface area contributed by atoms with Gasteiger partial charge < -0.3 is 10.4 Å². The molecule has 1 aromatic heterocycles. The summed E-state index contributed by atoms with van der Waals surface area (Å²) in [6, 6.07) is 4.45. The van der Waals surface area contributed by atoms with E-state index in [-0.39, 0.29) is 28.9 Å². The zero-order chi connectivity index (χ0) is 25.2. The first kappa shape index (κ1) is 25.1. The fourth-order valence-electron chi connectivity index (χ4n) is 9.97. The van der Waals surface area contributed by atoms with Crippen LogP contribution in [0.25, 0.3) is 0 Å². The van der Waals surface area contributed by atoms with Crippen molar-refractivity contribution in [1.29, 1.82) is 0 Å². The largest absolute Gasteiger partial charge is 0.393 e. The Morgan fingerprint density at radius 3 is 2.64 bits per heavy atom. The van der Waals surface area contributed by atoms with E-state index in [0.29, 0.717) is 60.1 Å². The lowest BCUT2D eigenvalue weighted by Gasteiger charge is -2.61. The quantitative estimate of drug-likeness (QED) is 0.456. The molecule has 10 atom stereocenters. The number of carbonyl (C=O) groups is 2. The molecule has 5 saturated carbocycles. The minimum Gasteiger partial charge on any atom is -0.393 e. The molecule has 0 bridgehead atoms. The van der Waals surface area contributed by atoms with E-state index in [2.05, 4.69) is 43.6 Å². The number of aliphatic hydroxyl groups is 1. The molecule has 36 heavy (non-hydrogen) atoms. The number of Topliss-reactive ketones (excluding diaryl/α,β-unsaturated/α-hetero) is 1. The lowest BCUT2D eigenvalue weighted by atomic mass is 9.44. The van der Waals surface area contributed by atoms with E-state index in [0.717, 1.165) is 19.3 Å². The fraction of sp³-hybridized carbons (Fsp3) is 0.806. The van der Waals surface area contributed by atoms with Crippen molar-refractivity contribution in [3.05, 3.63) is 22.4 Å². The second-order valence-electron chi connectivity index (χ2n) is 13.8. The first-order chi connectivity index (χ1) is 17.2. The van der Waals surface area contributed by atoms with Crippen LogP contribution in [0.3, 0.4) is 0 Å². The van der Waals surface area contributed by atoms with Crippen molar-refractivity contribution in [2.75, 3.05) is 0 Å². The number of ketones is 1. The van der Waals surface area contributed by atoms with Crippen molar-refractivity contribution in [2.45, 2.75) is 104 Å². The van der Waals surface area contributed by atoms with Crippen molar-refractivity contribution < 1.29 is 14.7 Å². The van der Waals surface area contributed by atoms with Crippen LogP contribution in [0, 0.1) is 52.3 Å². The monoisotopic (exact) mass is 511 g/mol. The zero-order valence-corrected chi connectivity index (χ0v) is 23.2. The van der Waals surface area contributed by atoms with Crippen LogP contribution in [0.15, 0.2) is 17.5 Å². The maximum atomic E-state index is 13.2. The summed E-state index contributed by atoms with van der Waals surface area (Å²) in [5.41, 5.74) is 0.418. The first-order valence-electron chi connectivity index (χ1n) is 14.7. The minimum atomic E-state index is -0.272. The predicted molar refractivity (Wildman–Crippen MR) is 143 cm³/mol. The molecule has 0 saturated heterocycles. The molecule has 0 radical (unpaired) electrons. The smallest absolute Gasteiger partial charge is 0.220 e. The average molecular weight is 512 g/mol. The van der Waals surface area contributed by atoms with Crippen LogP contribution in [-0.4, -0.2) is 22.9 Å². The lowest BCUT2D eigenvalue weighted by molar-refractivity contribution is -0.169. The highest BCUT2D eigenvalue weighted by molar-refractivity contribution is 7.10. The molecule has 5 heteroatoms. The SMILES string of the molecule is C[C@H](CC(=O)NC(c1cccs1)C1CC1)[C@H]1CC[C@H]2[C@@H]3[C@H](O)C[C@@H]4CC(=O)CC[C@]4(C)[C@H]3CC[C@]12C. The van der Waals surface area contributed by atoms with Gasteiger partial charge in [-0.25, -0.2) is 0 Å². The summed E-state index contributed by atoms with van der Waals surface area (Å²) in [5.74, 6) is 3.94. The van der Waals surface area contributed by atoms with Crippen molar-refractivity contribution in [1.82, 2.24) is 5.32 Å². The van der Waals surface area contributed by atoms with Gasteiger partial charge in [-0.3, -0.25) is 9.59 Å². The molecule has 5 aliphatic carbocycles. The van der Waals surface area contributed by atoms with Crippen LogP contribution < -0.4 is 5.32 Å². The van der Waals surface area contributed by atoms with Gasteiger partial charge in [-0.1, -0.05) is 26.8 Å². The molecular weight excluding hydrogens is 466 g/mol. The molecule has 2 N–H and O–H groups in total. The number of carbonyl (C=O) groups excluding carboxylic acids is 2. The van der Waals surface area contributed by atoms with Gasteiger partial charge in [-0.05, 0) is 115 Å². The first-order valence-corrected chi connectivity index (χ1v) is 15.6. The number of thiophene rings is 1. The van der Waals surface area contributed by atoms with E-state index in [4.69, 9.17) is 0 Å². The number of rotatable bonds is 6. The molecule has 0 spiro atoms. The van der Waals surface area contributed by atoms with Crippen molar-refractivity contribution >= 4 is 23.0 Å². The van der Waals surface area contributed by atoms with Crippen molar-refractivity contribution in [3.8, 4) is 0 Å². The van der Waals surface area contributed by atoms with Gasteiger partial charge in [0, 0.05) is 24.1 Å². The lowest BCUT2D eigenvalue weighted by Crippen LogP contribution is -2.58. The molecular formula is C31H45NO3S. The Bertz CT molecular complexity index is 988. The molecule has 5 fully saturated rings. The number of aliphatic hydroxyl groups excluding tert-OH is 1. The van der Waals surface area contributed by atoms with Crippen LogP contribution in [0.2, 0.25) is 0 Å². The molecule has 1 aromatic rings. The number of hydrogen-bond donors (Lipinski definition) is 2. The number of amides is 1. The Balaban J connectivity index is 1.15.